The molecule has 11 nitrogen and oxygen atoms in total. The highest BCUT2D eigenvalue weighted by Gasteiger charge is 2.15. The molecule has 3 N–H and O–H groups in total. The fraction of sp³-hybridized carbons (Fsp3) is 0.125. The molecule has 4 heterocycles. The fourth-order valence-electron chi connectivity index (χ4n) is 3.46. The van der Waals surface area contributed by atoms with Crippen molar-refractivity contribution >= 4 is 17.3 Å². The summed E-state index contributed by atoms with van der Waals surface area (Å²) in [4.78, 5) is 11.4. The zero-order chi connectivity index (χ0) is 23.5. The largest absolute Gasteiger partial charge is 0.464 e. The second-order valence-electron chi connectivity index (χ2n) is 7.27. The van der Waals surface area contributed by atoms with Crippen molar-refractivity contribution in [2.24, 2.45) is 0 Å². The molecule has 6 rings (SSSR count). The van der Waals surface area contributed by atoms with E-state index in [0.29, 0.717) is 22.8 Å². The molecule has 180 valence electrons. The minimum absolute atomic E-state index is 0. The number of hydrogen-bond acceptors (Lipinski definition) is 7. The maximum absolute atomic E-state index is 11.4. The molecule has 0 saturated heterocycles. The highest BCUT2D eigenvalue weighted by molar-refractivity contribution is 5.88. The third-order valence-electron chi connectivity index (χ3n) is 5.08. The summed E-state index contributed by atoms with van der Waals surface area (Å²) in [5, 5.41) is 31.2. The van der Waals surface area contributed by atoms with Crippen LogP contribution in [0.4, 0.5) is 0 Å². The number of rotatable bonds is 4. The van der Waals surface area contributed by atoms with Gasteiger partial charge in [0.2, 0.25) is 0 Å². The first kappa shape index (κ1) is 23.4. The highest BCUT2D eigenvalue weighted by Crippen LogP contribution is 2.19. The number of nitrogens with one attached hydrogen (secondary N) is 2. The summed E-state index contributed by atoms with van der Waals surface area (Å²) < 4.78 is 8.07. The number of aliphatic hydroxyl groups is 1. The van der Waals surface area contributed by atoms with E-state index in [-0.39, 0.29) is 15.5 Å². The van der Waals surface area contributed by atoms with E-state index in [4.69, 9.17) is 5.11 Å². The number of hydrogen-bond donors (Lipinski definition) is 3. The number of ether oxygens (including phenoxy) is 1. The fourth-order valence-corrected chi connectivity index (χ4v) is 3.46. The summed E-state index contributed by atoms with van der Waals surface area (Å²) in [6, 6.07) is 22.8. The van der Waals surface area contributed by atoms with E-state index >= 15 is 0 Å². The predicted octanol–water partition coefficient (Wildman–Crippen LogP) is 3.61. The van der Waals surface area contributed by atoms with E-state index in [9.17, 15) is 4.79 Å². The molecule has 0 spiro atoms. The summed E-state index contributed by atoms with van der Waals surface area (Å²) >= 11 is 0. The van der Waals surface area contributed by atoms with E-state index in [0.717, 1.165) is 22.6 Å². The Hall–Kier alpha value is -4.77. The van der Waals surface area contributed by atoms with Crippen molar-refractivity contribution in [2.45, 2.75) is 14.0 Å². The molecule has 0 aliphatic rings. The van der Waals surface area contributed by atoms with E-state index in [1.807, 2.05) is 60.7 Å². The Balaban J connectivity index is 0.000000191. The van der Waals surface area contributed by atoms with Crippen LogP contribution >= 0.6 is 0 Å². The molecule has 0 atom stereocenters. The van der Waals surface area contributed by atoms with Crippen LogP contribution in [0.5, 0.6) is 0 Å². The molecule has 4 aromatic heterocycles. The summed E-state index contributed by atoms with van der Waals surface area (Å²) in [5.41, 5.74) is 4.27. The monoisotopic (exact) mass is 474 g/mol. The maximum Gasteiger partial charge on any atom is 0.356 e. The smallest absolute Gasteiger partial charge is 0.356 e. The van der Waals surface area contributed by atoms with Gasteiger partial charge in [0, 0.05) is 24.7 Å². The number of aromatic nitrogens is 8. The molecule has 0 bridgehead atoms. The third-order valence-corrected chi connectivity index (χ3v) is 5.08. The lowest BCUT2D eigenvalue weighted by Crippen LogP contribution is -2.02. The zero-order valence-electron chi connectivity index (χ0n) is 18.1. The van der Waals surface area contributed by atoms with Gasteiger partial charge in [0.15, 0.2) is 22.9 Å². The van der Waals surface area contributed by atoms with Gasteiger partial charge in [-0.15, -0.1) is 20.4 Å². The maximum atomic E-state index is 11.4. The molecule has 11 heteroatoms. The van der Waals surface area contributed by atoms with Crippen molar-refractivity contribution in [1.82, 2.24) is 39.6 Å². The quantitative estimate of drug-likeness (QED) is 0.332. The Kier molecular flexibility index (Phi) is 6.69. The molecule has 0 unspecified atom stereocenters. The van der Waals surface area contributed by atoms with Gasteiger partial charge in [0.25, 0.3) is 0 Å². The number of methoxy groups -OCH3 is 1. The van der Waals surface area contributed by atoms with Crippen molar-refractivity contribution in [3.05, 3.63) is 84.2 Å². The molecule has 2 aromatic carbocycles. The van der Waals surface area contributed by atoms with E-state index in [1.54, 1.807) is 21.2 Å². The predicted molar refractivity (Wildman–Crippen MR) is 132 cm³/mol. The van der Waals surface area contributed by atoms with Gasteiger partial charge < -0.3 is 9.84 Å². The highest BCUT2D eigenvalue weighted by atomic mass is 16.5. The SMILES string of the molecule is C.COC(=O)c1cc2nnc(-c3ccccc3)n2[nH]1.OCc1cc2nnc(-c3ccccc3)n2[nH]1.[HH]. The molecule has 35 heavy (non-hydrogen) atoms. The number of carbonyl (C=O) groups is 1. The summed E-state index contributed by atoms with van der Waals surface area (Å²) in [5.74, 6) is 0.968. The number of nitrogens with zero attached hydrogens (tertiary/aromatic N) is 6. The van der Waals surface area contributed by atoms with Crippen LogP contribution in [0.1, 0.15) is 25.0 Å². The van der Waals surface area contributed by atoms with E-state index in [2.05, 4.69) is 35.3 Å². The Morgan fingerprint density at radius 2 is 1.37 bits per heavy atom. The summed E-state index contributed by atoms with van der Waals surface area (Å²) in [6.45, 7) is -0.0302. The number of carbonyl (C=O) groups excluding carboxylic acids is 1. The number of aromatic amines is 2. The first-order chi connectivity index (χ1) is 16.7. The van der Waals surface area contributed by atoms with Crippen LogP contribution in [0.25, 0.3) is 34.1 Å². The van der Waals surface area contributed by atoms with Crippen molar-refractivity contribution < 1.29 is 16.1 Å². The Morgan fingerprint density at radius 1 is 0.857 bits per heavy atom. The number of H-pyrrole nitrogens is 2. The average Bonchev–Trinajstić information content (AvgIpc) is 3.65. The normalized spacial score (nSPS) is 10.6. The van der Waals surface area contributed by atoms with Gasteiger partial charge in [0.05, 0.1) is 19.4 Å². The van der Waals surface area contributed by atoms with Crippen LogP contribution in [0.15, 0.2) is 72.8 Å². The van der Waals surface area contributed by atoms with Crippen molar-refractivity contribution in [2.75, 3.05) is 7.11 Å². The summed E-state index contributed by atoms with van der Waals surface area (Å²) in [7, 11) is 1.34. The van der Waals surface area contributed by atoms with Gasteiger partial charge in [-0.1, -0.05) is 68.1 Å². The Bertz CT molecular complexity index is 1550. The lowest BCUT2D eigenvalue weighted by Gasteiger charge is -1.97. The van der Waals surface area contributed by atoms with E-state index in [1.165, 1.54) is 7.11 Å². The van der Waals surface area contributed by atoms with Crippen LogP contribution in [-0.4, -0.2) is 57.8 Å². The standard InChI is InChI=1S/C12H10N4O2.C11H10N4O.CH4.H2/c1-18-12(17)9-7-10-13-14-11(16(10)15-9)8-5-3-2-4-6-8;16-7-9-6-10-12-13-11(15(10)14-9)8-4-2-1-3-5-8;;/h2-7,15H,1H3;1-6,14,16H,7H2;1H4;1H. The van der Waals surface area contributed by atoms with Crippen molar-refractivity contribution in [3.8, 4) is 22.8 Å². The van der Waals surface area contributed by atoms with Crippen LogP contribution in [0, 0.1) is 0 Å². The van der Waals surface area contributed by atoms with Crippen LogP contribution in [-0.2, 0) is 11.3 Å². The van der Waals surface area contributed by atoms with Gasteiger partial charge in [-0.05, 0) is 0 Å². The van der Waals surface area contributed by atoms with Crippen LogP contribution < -0.4 is 0 Å². The Labute approximate surface area is 201 Å². The Morgan fingerprint density at radius 3 is 1.89 bits per heavy atom. The summed E-state index contributed by atoms with van der Waals surface area (Å²) in [6.07, 6.45) is 0. The molecule has 0 aliphatic carbocycles. The first-order valence-corrected chi connectivity index (χ1v) is 10.3. The topological polar surface area (TPSA) is 138 Å². The molecule has 6 aromatic rings. The molecule has 0 fully saturated rings. The van der Waals surface area contributed by atoms with Crippen LogP contribution in [0.2, 0.25) is 0 Å². The van der Waals surface area contributed by atoms with Gasteiger partial charge in [-0.2, -0.15) is 0 Å². The second kappa shape index (κ2) is 10.0. The lowest BCUT2D eigenvalue weighted by atomic mass is 10.2. The molecule has 0 amide bonds. The minimum Gasteiger partial charge on any atom is -0.464 e. The second-order valence-corrected chi connectivity index (χ2v) is 7.27. The van der Waals surface area contributed by atoms with Gasteiger partial charge in [0.1, 0.15) is 5.69 Å². The average molecular weight is 475 g/mol. The van der Waals surface area contributed by atoms with Crippen molar-refractivity contribution in [3.63, 3.8) is 0 Å². The third kappa shape index (κ3) is 4.52. The zero-order valence-corrected chi connectivity index (χ0v) is 18.1. The van der Waals surface area contributed by atoms with E-state index < -0.39 is 5.97 Å². The van der Waals surface area contributed by atoms with Gasteiger partial charge in [-0.25, -0.2) is 13.8 Å². The molecular weight excluding hydrogens is 448 g/mol. The molecule has 0 saturated carbocycles. The van der Waals surface area contributed by atoms with Gasteiger partial charge in [-0.3, -0.25) is 10.2 Å². The van der Waals surface area contributed by atoms with Crippen LogP contribution in [0.3, 0.4) is 0 Å². The minimum atomic E-state index is -0.431. The van der Waals surface area contributed by atoms with Gasteiger partial charge >= 0.3 is 5.97 Å². The molecule has 0 aliphatic heterocycles. The first-order valence-electron chi connectivity index (χ1n) is 10.3. The number of benzene rings is 2. The number of fused-ring (bicyclic) bond motifs is 2. The lowest BCUT2D eigenvalue weighted by molar-refractivity contribution is 0.0593. The number of aliphatic hydroxyl groups excluding tert-OH is 1. The molecular formula is C24H26N8O3. The molecule has 0 radical (unpaired) electrons. The van der Waals surface area contributed by atoms with Crippen molar-refractivity contribution in [1.29, 1.82) is 0 Å². The number of esters is 1.